The summed E-state index contributed by atoms with van der Waals surface area (Å²) in [7, 11) is 0. The molecule has 0 heterocycles. The number of nitrogens with zero attached hydrogens (tertiary/aromatic N) is 1. The molecule has 0 saturated carbocycles. The van der Waals surface area contributed by atoms with Crippen molar-refractivity contribution in [3.05, 3.63) is 29.3 Å². The number of hydrogen-bond acceptors (Lipinski definition) is 6. The highest BCUT2D eigenvalue weighted by atomic mass is 16.5. The lowest BCUT2D eigenvalue weighted by atomic mass is 9.95. The molecule has 1 amide bonds. The highest BCUT2D eigenvalue weighted by molar-refractivity contribution is 5.94. The summed E-state index contributed by atoms with van der Waals surface area (Å²) >= 11 is 0. The van der Waals surface area contributed by atoms with Gasteiger partial charge < -0.3 is 19.7 Å². The van der Waals surface area contributed by atoms with E-state index in [9.17, 15) is 19.8 Å². The Balaban J connectivity index is 2.76. The maximum Gasteiger partial charge on any atom is 0.433 e. The van der Waals surface area contributed by atoms with Crippen LogP contribution in [0.2, 0.25) is 0 Å². The standard InChI is InChI=1S/C25H39NO6/c1-5-8-9-16-31-25(30)26-15-11-13-20(17-22(28)18(4)6-2)32-24(29)23-19(7-3)12-10-14-21(23)27/h10,12,14-15,18,20,22,27-28H,5-9,11,13,16-17H2,1-4H3. The molecule has 3 atom stereocenters. The number of carbonyl (C=O) groups excluding carboxylic acids is 2. The van der Waals surface area contributed by atoms with E-state index in [0.29, 0.717) is 31.4 Å². The Morgan fingerprint density at radius 3 is 2.59 bits per heavy atom. The van der Waals surface area contributed by atoms with Crippen molar-refractivity contribution in [2.45, 2.75) is 91.3 Å². The Hall–Kier alpha value is -2.41. The Labute approximate surface area is 191 Å². The molecular weight excluding hydrogens is 410 g/mol. The van der Waals surface area contributed by atoms with Crippen LogP contribution >= 0.6 is 0 Å². The van der Waals surface area contributed by atoms with E-state index in [0.717, 1.165) is 25.7 Å². The second-order valence-corrected chi connectivity index (χ2v) is 8.09. The number of esters is 1. The van der Waals surface area contributed by atoms with Gasteiger partial charge in [-0.25, -0.2) is 9.59 Å². The number of aliphatic imine (C=N–C) groups is 1. The van der Waals surface area contributed by atoms with Gasteiger partial charge >= 0.3 is 12.1 Å². The molecule has 1 aromatic carbocycles. The van der Waals surface area contributed by atoms with Gasteiger partial charge in [-0.1, -0.05) is 59.1 Å². The summed E-state index contributed by atoms with van der Waals surface area (Å²) in [5, 5.41) is 20.6. The number of amides is 1. The summed E-state index contributed by atoms with van der Waals surface area (Å²) in [6.45, 7) is 8.25. The molecule has 2 N–H and O–H groups in total. The number of hydrogen-bond donors (Lipinski definition) is 2. The first-order valence-electron chi connectivity index (χ1n) is 11.7. The van der Waals surface area contributed by atoms with Gasteiger partial charge in [-0.3, -0.25) is 0 Å². The smallest absolute Gasteiger partial charge is 0.433 e. The molecule has 0 fully saturated rings. The highest BCUT2D eigenvalue weighted by Gasteiger charge is 2.24. The maximum absolute atomic E-state index is 12.8. The molecule has 0 radical (unpaired) electrons. The molecule has 0 bridgehead atoms. The summed E-state index contributed by atoms with van der Waals surface area (Å²) in [4.78, 5) is 28.2. The first-order valence-corrected chi connectivity index (χ1v) is 11.7. The summed E-state index contributed by atoms with van der Waals surface area (Å²) in [5.41, 5.74) is 0.853. The Morgan fingerprint density at radius 2 is 1.94 bits per heavy atom. The molecule has 0 saturated heterocycles. The Bertz CT molecular complexity index is 733. The van der Waals surface area contributed by atoms with Crippen molar-refractivity contribution in [1.82, 2.24) is 0 Å². The number of phenols is 1. The topological polar surface area (TPSA) is 105 Å². The fraction of sp³-hybridized carbons (Fsp3) is 0.640. The van der Waals surface area contributed by atoms with Crippen LogP contribution in [-0.4, -0.2) is 47.3 Å². The SMILES string of the molecule is CCCCCOC(=O)N=CCCC(CC(O)C(C)CC)OC(=O)c1c(O)cccc1CC. The first-order chi connectivity index (χ1) is 15.3. The molecule has 7 heteroatoms. The number of rotatable bonds is 14. The predicted molar refractivity (Wildman–Crippen MR) is 125 cm³/mol. The van der Waals surface area contributed by atoms with E-state index in [-0.39, 0.29) is 23.7 Å². The third kappa shape index (κ3) is 9.81. The van der Waals surface area contributed by atoms with Crippen molar-refractivity contribution in [1.29, 1.82) is 0 Å². The maximum atomic E-state index is 12.8. The van der Waals surface area contributed by atoms with E-state index in [2.05, 4.69) is 11.9 Å². The lowest BCUT2D eigenvalue weighted by Crippen LogP contribution is -2.28. The molecule has 7 nitrogen and oxygen atoms in total. The minimum absolute atomic E-state index is 0.0549. The highest BCUT2D eigenvalue weighted by Crippen LogP contribution is 2.25. The van der Waals surface area contributed by atoms with Crippen LogP contribution in [0.15, 0.2) is 23.2 Å². The van der Waals surface area contributed by atoms with Gasteiger partial charge in [-0.2, -0.15) is 4.99 Å². The van der Waals surface area contributed by atoms with Gasteiger partial charge in [0.2, 0.25) is 0 Å². The Kier molecular flexibility index (Phi) is 13.3. The van der Waals surface area contributed by atoms with Crippen LogP contribution in [-0.2, 0) is 15.9 Å². The summed E-state index contributed by atoms with van der Waals surface area (Å²) in [5.74, 6) is -0.684. The molecule has 1 aromatic rings. The number of carbonyl (C=O) groups is 2. The van der Waals surface area contributed by atoms with Crippen molar-refractivity contribution >= 4 is 18.3 Å². The van der Waals surface area contributed by atoms with Gasteiger partial charge in [-0.15, -0.1) is 0 Å². The van der Waals surface area contributed by atoms with Gasteiger partial charge in [0.1, 0.15) is 17.4 Å². The summed E-state index contributed by atoms with van der Waals surface area (Å²) in [6.07, 6.45) is 4.89. The van der Waals surface area contributed by atoms with Crippen molar-refractivity contribution < 1.29 is 29.3 Å². The Morgan fingerprint density at radius 1 is 1.19 bits per heavy atom. The molecule has 0 aliphatic rings. The van der Waals surface area contributed by atoms with Crippen molar-refractivity contribution in [2.75, 3.05) is 6.61 Å². The van der Waals surface area contributed by atoms with Crippen LogP contribution in [0.1, 0.15) is 88.6 Å². The molecule has 180 valence electrons. The van der Waals surface area contributed by atoms with Crippen LogP contribution < -0.4 is 0 Å². The minimum atomic E-state index is -0.631. The minimum Gasteiger partial charge on any atom is -0.507 e. The lowest BCUT2D eigenvalue weighted by Gasteiger charge is -2.24. The van der Waals surface area contributed by atoms with Gasteiger partial charge in [0.15, 0.2) is 0 Å². The molecule has 0 aliphatic heterocycles. The van der Waals surface area contributed by atoms with E-state index in [1.54, 1.807) is 12.1 Å². The van der Waals surface area contributed by atoms with E-state index < -0.39 is 24.3 Å². The zero-order valence-corrected chi connectivity index (χ0v) is 19.9. The van der Waals surface area contributed by atoms with Crippen LogP contribution in [0.25, 0.3) is 0 Å². The number of unbranched alkanes of at least 4 members (excludes halogenated alkanes) is 2. The average Bonchev–Trinajstić information content (AvgIpc) is 2.78. The largest absolute Gasteiger partial charge is 0.507 e. The number of aliphatic hydroxyl groups excluding tert-OH is 1. The molecule has 1 rings (SSSR count). The normalized spacial score (nSPS) is 14.2. The number of aryl methyl sites for hydroxylation is 1. The van der Waals surface area contributed by atoms with E-state index in [1.807, 2.05) is 20.8 Å². The number of aliphatic hydroxyl groups is 1. The quantitative estimate of drug-likeness (QED) is 0.222. The van der Waals surface area contributed by atoms with Gasteiger partial charge in [0, 0.05) is 12.6 Å². The summed E-state index contributed by atoms with van der Waals surface area (Å²) < 4.78 is 10.7. The third-order valence-corrected chi connectivity index (χ3v) is 5.58. The molecule has 3 unspecified atom stereocenters. The second kappa shape index (κ2) is 15.4. The van der Waals surface area contributed by atoms with Gasteiger partial charge in [0.25, 0.3) is 0 Å². The van der Waals surface area contributed by atoms with Crippen LogP contribution in [0.4, 0.5) is 4.79 Å². The van der Waals surface area contributed by atoms with E-state index >= 15 is 0 Å². The summed E-state index contributed by atoms with van der Waals surface area (Å²) in [6, 6.07) is 4.92. The number of ether oxygens (including phenoxy) is 2. The van der Waals surface area contributed by atoms with Gasteiger partial charge in [0.05, 0.1) is 12.7 Å². The zero-order valence-electron chi connectivity index (χ0n) is 19.9. The fourth-order valence-electron chi connectivity index (χ4n) is 3.27. The number of aromatic hydroxyl groups is 1. The molecule has 0 aromatic heterocycles. The zero-order chi connectivity index (χ0) is 23.9. The van der Waals surface area contributed by atoms with Crippen LogP contribution in [0.3, 0.4) is 0 Å². The third-order valence-electron chi connectivity index (χ3n) is 5.58. The molecule has 0 aliphatic carbocycles. The van der Waals surface area contributed by atoms with Crippen molar-refractivity contribution in [3.63, 3.8) is 0 Å². The lowest BCUT2D eigenvalue weighted by molar-refractivity contribution is 0.00354. The number of phenolic OH excluding ortho intramolecular Hbond substituents is 1. The van der Waals surface area contributed by atoms with Crippen LogP contribution in [0, 0.1) is 5.92 Å². The van der Waals surface area contributed by atoms with E-state index in [4.69, 9.17) is 9.47 Å². The van der Waals surface area contributed by atoms with E-state index in [1.165, 1.54) is 12.3 Å². The average molecular weight is 450 g/mol. The van der Waals surface area contributed by atoms with Crippen molar-refractivity contribution in [2.24, 2.45) is 10.9 Å². The predicted octanol–water partition coefficient (Wildman–Crippen LogP) is 5.45. The fourth-order valence-corrected chi connectivity index (χ4v) is 3.27. The van der Waals surface area contributed by atoms with Crippen LogP contribution in [0.5, 0.6) is 5.75 Å². The number of benzene rings is 1. The first kappa shape index (κ1) is 27.6. The van der Waals surface area contributed by atoms with Gasteiger partial charge in [-0.05, 0) is 43.2 Å². The monoisotopic (exact) mass is 449 g/mol. The second-order valence-electron chi connectivity index (χ2n) is 8.09. The molecule has 0 spiro atoms. The van der Waals surface area contributed by atoms with Crippen molar-refractivity contribution in [3.8, 4) is 5.75 Å². The molecular formula is C25H39NO6. The molecule has 32 heavy (non-hydrogen) atoms.